The van der Waals surface area contributed by atoms with Crippen molar-refractivity contribution >= 4 is 11.8 Å². The van der Waals surface area contributed by atoms with E-state index in [0.29, 0.717) is 12.4 Å². The molecule has 7 heteroatoms. The quantitative estimate of drug-likeness (QED) is 0.753. The lowest BCUT2D eigenvalue weighted by atomic mass is 10.2. The van der Waals surface area contributed by atoms with Crippen molar-refractivity contribution in [1.82, 2.24) is 10.1 Å². The zero-order chi connectivity index (χ0) is 14.4. The standard InChI is InChI=1S/C13H13N3O4/c17-11(1-2-12(18)19)4-7-16-6-3-10(9-15-16)13-14-5-8-20-13/h3,5-6,8-9H,1-2,4,7H2/p+1. The van der Waals surface area contributed by atoms with E-state index >= 15 is 0 Å². The average Bonchev–Trinajstić information content (AvgIpc) is 2.97. The van der Waals surface area contributed by atoms with Crippen molar-refractivity contribution in [2.75, 3.05) is 0 Å². The summed E-state index contributed by atoms with van der Waals surface area (Å²) < 4.78 is 6.76. The predicted molar refractivity (Wildman–Crippen MR) is 66.4 cm³/mol. The van der Waals surface area contributed by atoms with Crippen LogP contribution in [0.5, 0.6) is 0 Å². The molecule has 0 unspecified atom stereocenters. The van der Waals surface area contributed by atoms with Crippen molar-refractivity contribution in [2.24, 2.45) is 0 Å². The van der Waals surface area contributed by atoms with Crippen LogP contribution in [0.15, 0.2) is 35.3 Å². The maximum atomic E-state index is 11.4. The van der Waals surface area contributed by atoms with E-state index in [0.717, 1.165) is 5.56 Å². The summed E-state index contributed by atoms with van der Waals surface area (Å²) >= 11 is 0. The molecular formula is C13H14N3O4+. The first kappa shape index (κ1) is 13.9. The number of oxazole rings is 1. The number of aromatic nitrogens is 3. The normalized spacial score (nSPS) is 10.4. The predicted octanol–water partition coefficient (Wildman–Crippen LogP) is 0.848. The number of aryl methyl sites for hydroxylation is 1. The second-order valence-electron chi connectivity index (χ2n) is 4.20. The molecule has 104 valence electrons. The largest absolute Gasteiger partial charge is 0.481 e. The van der Waals surface area contributed by atoms with Gasteiger partial charge in [0.25, 0.3) is 0 Å². The molecule has 2 aromatic heterocycles. The van der Waals surface area contributed by atoms with Crippen molar-refractivity contribution < 1.29 is 23.8 Å². The van der Waals surface area contributed by atoms with Crippen LogP contribution in [0.1, 0.15) is 19.3 Å². The number of rotatable bonds is 7. The molecule has 2 heterocycles. The summed E-state index contributed by atoms with van der Waals surface area (Å²) in [6.45, 7) is 0.421. The van der Waals surface area contributed by atoms with E-state index in [1.165, 1.54) is 6.26 Å². The third kappa shape index (κ3) is 3.98. The van der Waals surface area contributed by atoms with E-state index in [-0.39, 0.29) is 25.0 Å². The van der Waals surface area contributed by atoms with Gasteiger partial charge in [-0.1, -0.05) is 4.68 Å². The van der Waals surface area contributed by atoms with Gasteiger partial charge >= 0.3 is 5.97 Å². The monoisotopic (exact) mass is 276 g/mol. The summed E-state index contributed by atoms with van der Waals surface area (Å²) in [7, 11) is 0. The Kier molecular flexibility index (Phi) is 4.54. The zero-order valence-electron chi connectivity index (χ0n) is 10.7. The van der Waals surface area contributed by atoms with Gasteiger partial charge in [0.1, 0.15) is 18.2 Å². The summed E-state index contributed by atoms with van der Waals surface area (Å²) in [4.78, 5) is 25.8. The molecule has 2 aromatic rings. The maximum Gasteiger partial charge on any atom is 0.303 e. The van der Waals surface area contributed by atoms with Gasteiger partial charge in [0, 0.05) is 12.5 Å². The van der Waals surface area contributed by atoms with Crippen LogP contribution in [0, 0.1) is 0 Å². The van der Waals surface area contributed by atoms with E-state index in [9.17, 15) is 9.59 Å². The summed E-state index contributed by atoms with van der Waals surface area (Å²) in [6, 6.07) is 1.79. The number of carboxylic acids is 1. The van der Waals surface area contributed by atoms with Crippen molar-refractivity contribution in [3.63, 3.8) is 0 Å². The lowest BCUT2D eigenvalue weighted by Crippen LogP contribution is -2.38. The Morgan fingerprint density at radius 3 is 2.75 bits per heavy atom. The minimum Gasteiger partial charge on any atom is -0.481 e. The molecule has 0 saturated carbocycles. The SMILES string of the molecule is O=C(O)CCC(=O)CC[n+]1ccc(-c2ncco2)cn1. The highest BCUT2D eigenvalue weighted by atomic mass is 16.4. The second-order valence-corrected chi connectivity index (χ2v) is 4.20. The molecule has 1 N–H and O–H groups in total. The molecule has 0 spiro atoms. The molecule has 7 nitrogen and oxygen atoms in total. The van der Waals surface area contributed by atoms with Crippen LogP contribution in [0.25, 0.3) is 11.5 Å². The van der Waals surface area contributed by atoms with E-state index in [4.69, 9.17) is 9.52 Å². The van der Waals surface area contributed by atoms with E-state index < -0.39 is 5.97 Å². The van der Waals surface area contributed by atoms with Crippen LogP contribution in [0.2, 0.25) is 0 Å². The third-order valence-electron chi connectivity index (χ3n) is 2.69. The van der Waals surface area contributed by atoms with Crippen molar-refractivity contribution in [3.05, 3.63) is 30.9 Å². The number of carbonyl (C=O) groups is 2. The summed E-state index contributed by atoms with van der Waals surface area (Å²) in [5, 5.41) is 12.6. The Hall–Kier alpha value is -2.57. The number of hydrogen-bond acceptors (Lipinski definition) is 5. The molecule has 2 rings (SSSR count). The molecule has 20 heavy (non-hydrogen) atoms. The van der Waals surface area contributed by atoms with Crippen molar-refractivity contribution in [2.45, 2.75) is 25.8 Å². The Balaban J connectivity index is 1.85. The molecule has 0 aliphatic carbocycles. The van der Waals surface area contributed by atoms with Gasteiger partial charge in [-0.15, -0.1) is 0 Å². The van der Waals surface area contributed by atoms with Gasteiger partial charge in [-0.05, 0) is 5.10 Å². The molecular weight excluding hydrogens is 262 g/mol. The number of ketones is 1. The molecule has 0 atom stereocenters. The lowest BCUT2D eigenvalue weighted by Gasteiger charge is -1.96. The average molecular weight is 276 g/mol. The maximum absolute atomic E-state index is 11.4. The second kappa shape index (κ2) is 6.55. The van der Waals surface area contributed by atoms with Gasteiger partial charge in [-0.25, -0.2) is 4.98 Å². The Bertz CT molecular complexity index is 578. The van der Waals surface area contributed by atoms with E-state index in [1.54, 1.807) is 29.3 Å². The summed E-state index contributed by atoms with van der Waals surface area (Å²) in [5.41, 5.74) is 0.753. The van der Waals surface area contributed by atoms with E-state index in [1.807, 2.05) is 0 Å². The number of carboxylic acid groups (broad SMARTS) is 1. The summed E-state index contributed by atoms with van der Waals surface area (Å²) in [6.07, 6.45) is 6.57. The van der Waals surface area contributed by atoms with Crippen LogP contribution < -0.4 is 4.68 Å². The summed E-state index contributed by atoms with van der Waals surface area (Å²) in [5.74, 6) is -0.555. The zero-order valence-corrected chi connectivity index (χ0v) is 10.7. The van der Waals surface area contributed by atoms with Gasteiger partial charge in [-0.3, -0.25) is 9.59 Å². The van der Waals surface area contributed by atoms with Gasteiger partial charge in [0.2, 0.25) is 5.89 Å². The fraction of sp³-hybridized carbons (Fsp3) is 0.308. The fourth-order valence-electron chi connectivity index (χ4n) is 1.62. The van der Waals surface area contributed by atoms with E-state index in [2.05, 4.69) is 10.1 Å². The first-order valence-electron chi connectivity index (χ1n) is 6.14. The molecule has 0 bridgehead atoms. The Morgan fingerprint density at radius 1 is 1.30 bits per heavy atom. The van der Waals surface area contributed by atoms with Crippen LogP contribution >= 0.6 is 0 Å². The van der Waals surface area contributed by atoms with Gasteiger partial charge in [0.05, 0.1) is 24.6 Å². The van der Waals surface area contributed by atoms with Crippen LogP contribution in [-0.4, -0.2) is 26.9 Å². The van der Waals surface area contributed by atoms with Gasteiger partial charge in [0.15, 0.2) is 12.7 Å². The third-order valence-corrected chi connectivity index (χ3v) is 2.69. The highest BCUT2D eigenvalue weighted by molar-refractivity contribution is 5.82. The smallest absolute Gasteiger partial charge is 0.303 e. The molecule has 0 saturated heterocycles. The van der Waals surface area contributed by atoms with Crippen LogP contribution in [0.4, 0.5) is 0 Å². The van der Waals surface area contributed by atoms with Crippen molar-refractivity contribution in [1.29, 1.82) is 0 Å². The molecule has 0 radical (unpaired) electrons. The number of Topliss-reactive ketones (excluding diaryl/α,β-unsaturated/α-hetero) is 1. The number of carbonyl (C=O) groups excluding carboxylic acids is 1. The molecule has 0 aliphatic rings. The van der Waals surface area contributed by atoms with Crippen LogP contribution in [0.3, 0.4) is 0 Å². The first-order chi connectivity index (χ1) is 9.65. The molecule has 0 amide bonds. The lowest BCUT2D eigenvalue weighted by molar-refractivity contribution is -0.752. The fourth-order valence-corrected chi connectivity index (χ4v) is 1.62. The number of hydrogen-bond donors (Lipinski definition) is 1. The Morgan fingerprint density at radius 2 is 2.15 bits per heavy atom. The topological polar surface area (TPSA) is 97.2 Å². The number of nitrogens with zero attached hydrogens (tertiary/aromatic N) is 3. The first-order valence-corrected chi connectivity index (χ1v) is 6.14. The van der Waals surface area contributed by atoms with Gasteiger partial charge < -0.3 is 9.52 Å². The molecule has 0 aromatic carbocycles. The van der Waals surface area contributed by atoms with Crippen LogP contribution in [-0.2, 0) is 16.1 Å². The van der Waals surface area contributed by atoms with Crippen molar-refractivity contribution in [3.8, 4) is 11.5 Å². The Labute approximate surface area is 114 Å². The highest BCUT2D eigenvalue weighted by Crippen LogP contribution is 2.13. The highest BCUT2D eigenvalue weighted by Gasteiger charge is 2.11. The minimum absolute atomic E-state index is 0.0598. The number of aliphatic carboxylic acids is 1. The minimum atomic E-state index is -0.959. The molecule has 0 fully saturated rings. The molecule has 0 aliphatic heterocycles. The van der Waals surface area contributed by atoms with Gasteiger partial charge in [-0.2, -0.15) is 0 Å².